The number of aryl methyl sites for hydroxylation is 2. The maximum atomic E-state index is 9.76. The molecule has 2 N–H and O–H groups in total. The molecule has 100 valence electrons. The maximum absolute atomic E-state index is 9.76. The van der Waals surface area contributed by atoms with Crippen molar-refractivity contribution in [2.45, 2.75) is 13.8 Å². The molecule has 0 atom stereocenters. The van der Waals surface area contributed by atoms with Crippen LogP contribution in [0.4, 0.5) is 11.5 Å². The SMILES string of the molecule is Cc1ccc(Nc2ccc3c(O)cccc3n2)cc1C. The summed E-state index contributed by atoms with van der Waals surface area (Å²) >= 11 is 0. The number of hydrogen-bond acceptors (Lipinski definition) is 3. The van der Waals surface area contributed by atoms with Crippen LogP contribution in [0.15, 0.2) is 48.5 Å². The Morgan fingerprint density at radius 1 is 0.950 bits per heavy atom. The average Bonchev–Trinajstić information content (AvgIpc) is 2.43. The van der Waals surface area contributed by atoms with Crippen LogP contribution in [0.2, 0.25) is 0 Å². The summed E-state index contributed by atoms with van der Waals surface area (Å²) in [6.07, 6.45) is 0. The van der Waals surface area contributed by atoms with E-state index in [2.05, 4.69) is 36.3 Å². The molecule has 0 aliphatic rings. The lowest BCUT2D eigenvalue weighted by Crippen LogP contribution is -1.94. The van der Waals surface area contributed by atoms with Crippen LogP contribution < -0.4 is 5.32 Å². The quantitative estimate of drug-likeness (QED) is 0.725. The zero-order valence-corrected chi connectivity index (χ0v) is 11.5. The van der Waals surface area contributed by atoms with Crippen LogP contribution in [0.3, 0.4) is 0 Å². The zero-order valence-electron chi connectivity index (χ0n) is 11.5. The normalized spacial score (nSPS) is 10.7. The molecule has 1 heterocycles. The number of phenolic OH excluding ortho intramolecular Hbond substituents is 1. The Balaban J connectivity index is 1.96. The first-order valence-corrected chi connectivity index (χ1v) is 6.56. The number of fused-ring (bicyclic) bond motifs is 1. The Hall–Kier alpha value is -2.55. The van der Waals surface area contributed by atoms with Crippen molar-refractivity contribution >= 4 is 22.4 Å². The van der Waals surface area contributed by atoms with Crippen LogP contribution >= 0.6 is 0 Å². The van der Waals surface area contributed by atoms with E-state index in [0.29, 0.717) is 0 Å². The molecule has 0 amide bonds. The fourth-order valence-corrected chi connectivity index (χ4v) is 2.18. The number of aromatic hydroxyl groups is 1. The summed E-state index contributed by atoms with van der Waals surface area (Å²) in [7, 11) is 0. The molecule has 0 saturated carbocycles. The predicted molar refractivity (Wildman–Crippen MR) is 82.6 cm³/mol. The minimum absolute atomic E-state index is 0.257. The molecule has 0 aliphatic carbocycles. The summed E-state index contributed by atoms with van der Waals surface area (Å²) in [5, 5.41) is 13.8. The first-order valence-electron chi connectivity index (χ1n) is 6.56. The van der Waals surface area contributed by atoms with Crippen LogP contribution in [0.1, 0.15) is 11.1 Å². The molecule has 3 heteroatoms. The lowest BCUT2D eigenvalue weighted by atomic mass is 10.1. The van der Waals surface area contributed by atoms with Gasteiger partial charge >= 0.3 is 0 Å². The van der Waals surface area contributed by atoms with Crippen molar-refractivity contribution in [2.75, 3.05) is 5.32 Å². The second-order valence-electron chi connectivity index (χ2n) is 4.96. The smallest absolute Gasteiger partial charge is 0.131 e. The second kappa shape index (κ2) is 4.85. The summed E-state index contributed by atoms with van der Waals surface area (Å²) in [5.74, 6) is 1.03. The molecule has 1 aromatic heterocycles. The van der Waals surface area contributed by atoms with E-state index >= 15 is 0 Å². The van der Waals surface area contributed by atoms with E-state index in [1.165, 1.54) is 11.1 Å². The number of benzene rings is 2. The summed E-state index contributed by atoms with van der Waals surface area (Å²) in [5.41, 5.74) is 4.30. The third-order valence-electron chi connectivity index (χ3n) is 3.49. The Morgan fingerprint density at radius 2 is 1.80 bits per heavy atom. The molecule has 3 aromatic rings. The van der Waals surface area contributed by atoms with Gasteiger partial charge in [-0.1, -0.05) is 12.1 Å². The highest BCUT2D eigenvalue weighted by molar-refractivity contribution is 5.86. The number of pyridine rings is 1. The van der Waals surface area contributed by atoms with Gasteiger partial charge in [-0.25, -0.2) is 4.98 Å². The van der Waals surface area contributed by atoms with Gasteiger partial charge in [0.05, 0.1) is 5.52 Å². The molecule has 2 aromatic carbocycles. The van der Waals surface area contributed by atoms with Gasteiger partial charge in [0.25, 0.3) is 0 Å². The molecule has 0 spiro atoms. The molecular weight excluding hydrogens is 248 g/mol. The molecule has 3 rings (SSSR count). The Labute approximate surface area is 117 Å². The third kappa shape index (κ3) is 2.30. The first kappa shape index (κ1) is 12.5. The minimum Gasteiger partial charge on any atom is -0.507 e. The van der Waals surface area contributed by atoms with Gasteiger partial charge in [-0.3, -0.25) is 0 Å². The maximum Gasteiger partial charge on any atom is 0.131 e. The Kier molecular flexibility index (Phi) is 3.03. The van der Waals surface area contributed by atoms with Crippen LogP contribution in [0, 0.1) is 13.8 Å². The summed E-state index contributed by atoms with van der Waals surface area (Å²) in [6.45, 7) is 4.18. The van der Waals surface area contributed by atoms with Gasteiger partial charge in [0.1, 0.15) is 11.6 Å². The van der Waals surface area contributed by atoms with Crippen LogP contribution in [0.25, 0.3) is 10.9 Å². The highest BCUT2D eigenvalue weighted by Crippen LogP contribution is 2.25. The largest absolute Gasteiger partial charge is 0.507 e. The van der Waals surface area contributed by atoms with E-state index in [1.54, 1.807) is 12.1 Å². The highest BCUT2D eigenvalue weighted by atomic mass is 16.3. The van der Waals surface area contributed by atoms with Crippen LogP contribution in [0.5, 0.6) is 5.75 Å². The van der Waals surface area contributed by atoms with Gasteiger partial charge in [-0.05, 0) is 61.4 Å². The summed E-state index contributed by atoms with van der Waals surface area (Å²) < 4.78 is 0. The van der Waals surface area contributed by atoms with E-state index in [-0.39, 0.29) is 5.75 Å². The minimum atomic E-state index is 0.257. The fourth-order valence-electron chi connectivity index (χ4n) is 2.18. The number of hydrogen-bond donors (Lipinski definition) is 2. The van der Waals surface area contributed by atoms with Gasteiger partial charge in [0, 0.05) is 11.1 Å². The van der Waals surface area contributed by atoms with Crippen molar-refractivity contribution in [2.24, 2.45) is 0 Å². The van der Waals surface area contributed by atoms with Crippen molar-refractivity contribution in [1.29, 1.82) is 0 Å². The van der Waals surface area contributed by atoms with Crippen molar-refractivity contribution in [3.63, 3.8) is 0 Å². The van der Waals surface area contributed by atoms with Gasteiger partial charge < -0.3 is 10.4 Å². The van der Waals surface area contributed by atoms with Crippen molar-refractivity contribution in [1.82, 2.24) is 4.98 Å². The number of rotatable bonds is 2. The molecule has 0 radical (unpaired) electrons. The van der Waals surface area contributed by atoms with E-state index in [4.69, 9.17) is 0 Å². The summed E-state index contributed by atoms with van der Waals surface area (Å²) in [6, 6.07) is 15.3. The molecule has 0 saturated heterocycles. The standard InChI is InChI=1S/C17H16N2O/c1-11-6-7-13(10-12(11)2)18-17-9-8-14-15(19-17)4-3-5-16(14)20/h3-10,20H,1-2H3,(H,18,19). The third-order valence-corrected chi connectivity index (χ3v) is 3.49. The number of nitrogens with one attached hydrogen (secondary N) is 1. The Bertz CT molecular complexity index is 781. The number of nitrogens with zero attached hydrogens (tertiary/aromatic N) is 1. The molecule has 3 nitrogen and oxygen atoms in total. The van der Waals surface area contributed by atoms with Crippen molar-refractivity contribution in [3.8, 4) is 5.75 Å². The predicted octanol–water partition coefficient (Wildman–Crippen LogP) is 4.30. The molecular formula is C17H16N2O. The number of anilines is 2. The lowest BCUT2D eigenvalue weighted by molar-refractivity contribution is 0.481. The lowest BCUT2D eigenvalue weighted by Gasteiger charge is -2.09. The first-order chi connectivity index (χ1) is 9.63. The van der Waals surface area contributed by atoms with Gasteiger partial charge in [-0.2, -0.15) is 0 Å². The Morgan fingerprint density at radius 3 is 2.60 bits per heavy atom. The fraction of sp³-hybridized carbons (Fsp3) is 0.118. The molecule has 0 bridgehead atoms. The molecule has 20 heavy (non-hydrogen) atoms. The molecule has 0 unspecified atom stereocenters. The zero-order chi connectivity index (χ0) is 14.1. The second-order valence-corrected chi connectivity index (χ2v) is 4.96. The number of aromatic nitrogens is 1. The van der Waals surface area contributed by atoms with E-state index in [9.17, 15) is 5.11 Å². The number of phenols is 1. The van der Waals surface area contributed by atoms with E-state index < -0.39 is 0 Å². The van der Waals surface area contributed by atoms with Crippen molar-refractivity contribution in [3.05, 3.63) is 59.7 Å². The molecule has 0 fully saturated rings. The monoisotopic (exact) mass is 264 g/mol. The van der Waals surface area contributed by atoms with Crippen LogP contribution in [-0.4, -0.2) is 10.1 Å². The van der Waals surface area contributed by atoms with Gasteiger partial charge in [0.2, 0.25) is 0 Å². The van der Waals surface area contributed by atoms with E-state index in [0.717, 1.165) is 22.4 Å². The topological polar surface area (TPSA) is 45.1 Å². The average molecular weight is 264 g/mol. The highest BCUT2D eigenvalue weighted by Gasteiger charge is 2.03. The van der Waals surface area contributed by atoms with Gasteiger partial charge in [-0.15, -0.1) is 0 Å². The van der Waals surface area contributed by atoms with E-state index in [1.807, 2.05) is 24.3 Å². The van der Waals surface area contributed by atoms with Gasteiger partial charge in [0.15, 0.2) is 0 Å². The molecule has 0 aliphatic heterocycles. The van der Waals surface area contributed by atoms with Crippen LogP contribution in [-0.2, 0) is 0 Å². The summed E-state index contributed by atoms with van der Waals surface area (Å²) in [4.78, 5) is 4.51. The van der Waals surface area contributed by atoms with Crippen molar-refractivity contribution < 1.29 is 5.11 Å².